The zero-order chi connectivity index (χ0) is 8.91. The van der Waals surface area contributed by atoms with Crippen LogP contribution in [0.1, 0.15) is 13.8 Å². The second kappa shape index (κ2) is 3.91. The van der Waals surface area contributed by atoms with Gasteiger partial charge in [0.2, 0.25) is 5.91 Å². The first kappa shape index (κ1) is 9.88. The Balaban J connectivity index is 3.78. The van der Waals surface area contributed by atoms with Gasteiger partial charge in [-0.2, -0.15) is 0 Å². The maximum Gasteiger partial charge on any atom is 0.243 e. The molecule has 0 aliphatic carbocycles. The number of aldehydes is 1. The number of hydrogen-bond acceptors (Lipinski definition) is 2. The van der Waals surface area contributed by atoms with Crippen LogP contribution in [0.5, 0.6) is 0 Å². The molecule has 62 valence electrons. The van der Waals surface area contributed by atoms with Gasteiger partial charge in [-0.15, -0.1) is 0 Å². The minimum absolute atomic E-state index is 0.250. The minimum atomic E-state index is -0.487. The smallest absolute Gasteiger partial charge is 0.243 e. The van der Waals surface area contributed by atoms with Gasteiger partial charge in [0, 0.05) is 12.0 Å². The summed E-state index contributed by atoms with van der Waals surface area (Å²) in [5.74, 6) is -0.250. The number of carbonyl (C=O) groups is 2. The molecule has 3 heteroatoms. The topological polar surface area (TPSA) is 46.2 Å². The summed E-state index contributed by atoms with van der Waals surface area (Å²) < 4.78 is 0. The molecule has 1 N–H and O–H groups in total. The Morgan fingerprint density at radius 1 is 1.64 bits per heavy atom. The summed E-state index contributed by atoms with van der Waals surface area (Å²) in [7, 11) is 0. The molecule has 11 heavy (non-hydrogen) atoms. The van der Waals surface area contributed by atoms with Gasteiger partial charge < -0.3 is 10.1 Å². The third-order valence-electron chi connectivity index (χ3n) is 1.22. The van der Waals surface area contributed by atoms with Crippen LogP contribution < -0.4 is 5.32 Å². The Bertz CT molecular complexity index is 173. The van der Waals surface area contributed by atoms with Gasteiger partial charge in [0.15, 0.2) is 0 Å². The first-order valence-corrected chi connectivity index (χ1v) is 3.38. The molecule has 0 bridgehead atoms. The van der Waals surface area contributed by atoms with Crippen molar-refractivity contribution in [2.24, 2.45) is 5.41 Å². The van der Waals surface area contributed by atoms with Crippen LogP contribution in [0.4, 0.5) is 0 Å². The quantitative estimate of drug-likeness (QED) is 0.475. The molecule has 0 radical (unpaired) electrons. The van der Waals surface area contributed by atoms with E-state index in [1.54, 1.807) is 13.8 Å². The standard InChI is InChI=1S/C8H13NO2/c1-4-7(11)9-5-8(2,3)6-10/h4,6H,1,5H2,2-3H3,(H,9,11). The molecule has 0 aliphatic rings. The van der Waals surface area contributed by atoms with Crippen LogP contribution in [-0.4, -0.2) is 18.7 Å². The molecule has 0 aromatic rings. The maximum atomic E-state index is 10.6. The first-order valence-electron chi connectivity index (χ1n) is 3.38. The van der Waals surface area contributed by atoms with Crippen LogP contribution in [0.2, 0.25) is 0 Å². The van der Waals surface area contributed by atoms with Crippen molar-refractivity contribution in [1.82, 2.24) is 5.32 Å². The molecule has 0 heterocycles. The second-order valence-corrected chi connectivity index (χ2v) is 3.03. The van der Waals surface area contributed by atoms with Crippen LogP contribution in [0.3, 0.4) is 0 Å². The van der Waals surface area contributed by atoms with Gasteiger partial charge in [0.05, 0.1) is 0 Å². The summed E-state index contributed by atoms with van der Waals surface area (Å²) >= 11 is 0. The van der Waals surface area contributed by atoms with E-state index in [0.29, 0.717) is 6.54 Å². The minimum Gasteiger partial charge on any atom is -0.352 e. The fourth-order valence-electron chi connectivity index (χ4n) is 0.429. The Morgan fingerprint density at radius 2 is 2.18 bits per heavy atom. The van der Waals surface area contributed by atoms with Gasteiger partial charge in [-0.05, 0) is 6.08 Å². The van der Waals surface area contributed by atoms with Crippen molar-refractivity contribution in [3.8, 4) is 0 Å². The molecule has 0 spiro atoms. The van der Waals surface area contributed by atoms with Crippen LogP contribution >= 0.6 is 0 Å². The Morgan fingerprint density at radius 3 is 2.55 bits per heavy atom. The molecular weight excluding hydrogens is 142 g/mol. The molecule has 0 rings (SSSR count). The van der Waals surface area contributed by atoms with Crippen molar-refractivity contribution >= 4 is 12.2 Å². The maximum absolute atomic E-state index is 10.6. The van der Waals surface area contributed by atoms with E-state index in [9.17, 15) is 9.59 Å². The zero-order valence-electron chi connectivity index (χ0n) is 6.89. The van der Waals surface area contributed by atoms with Crippen molar-refractivity contribution in [1.29, 1.82) is 0 Å². The average molecular weight is 155 g/mol. The lowest BCUT2D eigenvalue weighted by atomic mass is 9.96. The van der Waals surface area contributed by atoms with E-state index in [1.807, 2.05) is 0 Å². The number of rotatable bonds is 4. The van der Waals surface area contributed by atoms with E-state index < -0.39 is 5.41 Å². The van der Waals surface area contributed by atoms with Crippen molar-refractivity contribution in [3.63, 3.8) is 0 Å². The van der Waals surface area contributed by atoms with Gasteiger partial charge in [0.25, 0.3) is 0 Å². The molecule has 0 atom stereocenters. The van der Waals surface area contributed by atoms with Crippen LogP contribution in [0.15, 0.2) is 12.7 Å². The predicted molar refractivity (Wildman–Crippen MR) is 43.1 cm³/mol. The van der Waals surface area contributed by atoms with Gasteiger partial charge >= 0.3 is 0 Å². The number of carbonyl (C=O) groups excluding carboxylic acids is 2. The highest BCUT2D eigenvalue weighted by molar-refractivity contribution is 5.87. The lowest BCUT2D eigenvalue weighted by Crippen LogP contribution is -2.33. The summed E-state index contributed by atoms with van der Waals surface area (Å²) in [5, 5.41) is 2.54. The molecule has 0 unspecified atom stereocenters. The molecule has 3 nitrogen and oxygen atoms in total. The summed E-state index contributed by atoms with van der Waals surface area (Å²) in [6, 6.07) is 0. The van der Waals surface area contributed by atoms with Crippen molar-refractivity contribution in [2.45, 2.75) is 13.8 Å². The third-order valence-corrected chi connectivity index (χ3v) is 1.22. The average Bonchev–Trinajstić information content (AvgIpc) is 2.00. The highest BCUT2D eigenvalue weighted by atomic mass is 16.1. The fraction of sp³-hybridized carbons (Fsp3) is 0.500. The number of amides is 1. The SMILES string of the molecule is C=CC(=O)NCC(C)(C)C=O. The summed E-state index contributed by atoms with van der Waals surface area (Å²) in [4.78, 5) is 21.0. The molecule has 1 amide bonds. The van der Waals surface area contributed by atoms with Crippen molar-refractivity contribution < 1.29 is 9.59 Å². The van der Waals surface area contributed by atoms with E-state index in [4.69, 9.17) is 0 Å². The highest BCUT2D eigenvalue weighted by Crippen LogP contribution is 2.07. The van der Waals surface area contributed by atoms with Gasteiger partial charge in [0.1, 0.15) is 6.29 Å². The third kappa shape index (κ3) is 4.31. The largest absolute Gasteiger partial charge is 0.352 e. The normalized spacial score (nSPS) is 10.4. The van der Waals surface area contributed by atoms with E-state index in [1.165, 1.54) is 6.08 Å². The van der Waals surface area contributed by atoms with Gasteiger partial charge in [-0.1, -0.05) is 20.4 Å². The first-order chi connectivity index (χ1) is 5.02. The molecule has 0 aromatic heterocycles. The second-order valence-electron chi connectivity index (χ2n) is 3.03. The molecule has 0 saturated heterocycles. The number of nitrogens with one attached hydrogen (secondary N) is 1. The molecule has 0 aromatic carbocycles. The van der Waals surface area contributed by atoms with E-state index in [0.717, 1.165) is 6.29 Å². The van der Waals surface area contributed by atoms with E-state index >= 15 is 0 Å². The highest BCUT2D eigenvalue weighted by Gasteiger charge is 2.16. The summed E-state index contributed by atoms with van der Waals surface area (Å²) in [6.07, 6.45) is 2.00. The molecule has 0 saturated carbocycles. The fourth-order valence-corrected chi connectivity index (χ4v) is 0.429. The summed E-state index contributed by atoms with van der Waals surface area (Å²) in [5.41, 5.74) is -0.487. The van der Waals surface area contributed by atoms with E-state index in [2.05, 4.69) is 11.9 Å². The van der Waals surface area contributed by atoms with Gasteiger partial charge in [-0.25, -0.2) is 0 Å². The monoisotopic (exact) mass is 155 g/mol. The zero-order valence-corrected chi connectivity index (χ0v) is 6.89. The van der Waals surface area contributed by atoms with E-state index in [-0.39, 0.29) is 5.91 Å². The Hall–Kier alpha value is -1.12. The van der Waals surface area contributed by atoms with Crippen molar-refractivity contribution in [3.05, 3.63) is 12.7 Å². The van der Waals surface area contributed by atoms with Crippen LogP contribution in [0, 0.1) is 5.41 Å². The van der Waals surface area contributed by atoms with Crippen LogP contribution in [-0.2, 0) is 9.59 Å². The predicted octanol–water partition coefficient (Wildman–Crippen LogP) is 0.514. The number of hydrogen-bond donors (Lipinski definition) is 1. The molecule has 0 fully saturated rings. The van der Waals surface area contributed by atoms with Crippen molar-refractivity contribution in [2.75, 3.05) is 6.54 Å². The molecular formula is C8H13NO2. The van der Waals surface area contributed by atoms with Crippen LogP contribution in [0.25, 0.3) is 0 Å². The summed E-state index contributed by atoms with van der Waals surface area (Å²) in [6.45, 7) is 7.14. The van der Waals surface area contributed by atoms with Gasteiger partial charge in [-0.3, -0.25) is 4.79 Å². The Labute approximate surface area is 66.5 Å². The lowest BCUT2D eigenvalue weighted by Gasteiger charge is -2.15. The Kier molecular flexibility index (Phi) is 3.51. The molecule has 0 aliphatic heterocycles. The lowest BCUT2D eigenvalue weighted by molar-refractivity contribution is -0.118.